The van der Waals surface area contributed by atoms with Crippen LogP contribution in [-0.2, 0) is 26.2 Å². The average Bonchev–Trinajstić information content (AvgIpc) is 2.71. The van der Waals surface area contributed by atoms with Crippen molar-refractivity contribution in [2.24, 2.45) is 0 Å². The number of hydrogen-bond acceptors (Lipinski definition) is 7. The van der Waals surface area contributed by atoms with Crippen molar-refractivity contribution in [1.29, 1.82) is 0 Å². The summed E-state index contributed by atoms with van der Waals surface area (Å²) in [6, 6.07) is 7.97. The minimum atomic E-state index is -3.98. The van der Waals surface area contributed by atoms with Crippen molar-refractivity contribution < 1.29 is 37.8 Å². The van der Waals surface area contributed by atoms with Gasteiger partial charge < -0.3 is 20.3 Å². The number of benzene rings is 2. The number of hydrogen-bond donors (Lipinski definition) is 4. The number of phenolic OH excluding ortho intramolecular Hbond substituents is 1. The molecular weight excluding hydrogens is 428 g/mol. The van der Waals surface area contributed by atoms with Gasteiger partial charge in [-0.05, 0) is 42.8 Å². The lowest BCUT2D eigenvalue weighted by atomic mass is 10.1. The molecule has 4 N–H and O–H groups in total. The predicted octanol–water partition coefficient (Wildman–Crippen LogP) is 0.845. The fourth-order valence-corrected chi connectivity index (χ4v) is 3.62. The smallest absolute Gasteiger partial charge is 0.305 e. The number of carboxylic acids is 1. The second-order valence-electron chi connectivity index (χ2n) is 6.57. The van der Waals surface area contributed by atoms with Crippen molar-refractivity contribution >= 4 is 34.0 Å². The van der Waals surface area contributed by atoms with Gasteiger partial charge in [-0.1, -0.05) is 12.1 Å². The third-order valence-electron chi connectivity index (χ3n) is 4.22. The number of nitrogens with one attached hydrogen (secondary N) is 2. The van der Waals surface area contributed by atoms with E-state index in [0.29, 0.717) is 11.8 Å². The van der Waals surface area contributed by atoms with Crippen LogP contribution in [-0.4, -0.2) is 48.6 Å². The van der Waals surface area contributed by atoms with Crippen LogP contribution < -0.4 is 10.0 Å². The molecule has 1 amide bonds. The summed E-state index contributed by atoms with van der Waals surface area (Å²) in [4.78, 5) is 44.9. The largest absolute Gasteiger partial charge is 0.507 e. The second kappa shape index (κ2) is 9.96. The number of aldehydes is 1. The SMILES string of the molecule is CC(=O)c1cc(S(=O)(=O)NCc2ccc(C(=O)N[C@H](C=O)CC(=O)O)cc2)ccc1O. The van der Waals surface area contributed by atoms with Crippen LogP contribution in [0.15, 0.2) is 47.4 Å². The molecule has 0 spiro atoms. The molecule has 0 saturated heterocycles. The van der Waals surface area contributed by atoms with Crippen LogP contribution in [0.25, 0.3) is 0 Å². The number of phenols is 1. The number of ketones is 1. The van der Waals surface area contributed by atoms with Gasteiger partial charge >= 0.3 is 5.97 Å². The van der Waals surface area contributed by atoms with Crippen LogP contribution in [0, 0.1) is 0 Å². The van der Waals surface area contributed by atoms with E-state index in [0.717, 1.165) is 18.2 Å². The lowest BCUT2D eigenvalue weighted by Crippen LogP contribution is -2.37. The van der Waals surface area contributed by atoms with E-state index in [1.165, 1.54) is 31.2 Å². The van der Waals surface area contributed by atoms with Crippen molar-refractivity contribution in [3.8, 4) is 5.75 Å². The molecule has 10 nitrogen and oxygen atoms in total. The highest BCUT2D eigenvalue weighted by atomic mass is 32.2. The molecule has 0 aromatic heterocycles. The normalized spacial score (nSPS) is 12.0. The highest BCUT2D eigenvalue weighted by Gasteiger charge is 2.18. The van der Waals surface area contributed by atoms with Crippen LogP contribution in [0.3, 0.4) is 0 Å². The zero-order valence-corrected chi connectivity index (χ0v) is 17.2. The number of amides is 1. The maximum Gasteiger partial charge on any atom is 0.305 e. The molecule has 0 fully saturated rings. The van der Waals surface area contributed by atoms with E-state index in [-0.39, 0.29) is 28.3 Å². The molecule has 0 aliphatic heterocycles. The first-order chi connectivity index (χ1) is 14.5. The lowest BCUT2D eigenvalue weighted by molar-refractivity contribution is -0.138. The van der Waals surface area contributed by atoms with E-state index in [9.17, 15) is 32.7 Å². The zero-order chi connectivity index (χ0) is 23.2. The minimum Gasteiger partial charge on any atom is -0.507 e. The molecule has 164 valence electrons. The Hall–Kier alpha value is -3.57. The fraction of sp³-hybridized carbons (Fsp3) is 0.200. The monoisotopic (exact) mass is 448 g/mol. The Balaban J connectivity index is 2.05. The average molecular weight is 448 g/mol. The molecule has 0 heterocycles. The van der Waals surface area contributed by atoms with Gasteiger partial charge in [0.15, 0.2) is 5.78 Å². The molecule has 0 unspecified atom stereocenters. The van der Waals surface area contributed by atoms with Crippen molar-refractivity contribution in [3.05, 3.63) is 59.2 Å². The van der Waals surface area contributed by atoms with Gasteiger partial charge in [0.05, 0.1) is 22.9 Å². The van der Waals surface area contributed by atoms with Crippen molar-refractivity contribution in [2.75, 3.05) is 0 Å². The number of sulfonamides is 1. The summed E-state index contributed by atoms with van der Waals surface area (Å²) in [6.07, 6.45) is -0.215. The fourth-order valence-electron chi connectivity index (χ4n) is 2.57. The molecule has 2 aromatic carbocycles. The molecule has 0 radical (unpaired) electrons. The topological polar surface area (TPSA) is 167 Å². The first-order valence-electron chi connectivity index (χ1n) is 8.94. The Morgan fingerprint density at radius 1 is 1.10 bits per heavy atom. The Morgan fingerprint density at radius 3 is 2.29 bits per heavy atom. The van der Waals surface area contributed by atoms with E-state index in [1.807, 2.05) is 0 Å². The van der Waals surface area contributed by atoms with Crippen LogP contribution >= 0.6 is 0 Å². The van der Waals surface area contributed by atoms with Gasteiger partial charge in [0.1, 0.15) is 12.0 Å². The van der Waals surface area contributed by atoms with Gasteiger partial charge in [0, 0.05) is 12.1 Å². The number of aromatic hydroxyl groups is 1. The van der Waals surface area contributed by atoms with Crippen LogP contribution in [0.1, 0.15) is 39.6 Å². The van der Waals surface area contributed by atoms with Gasteiger partial charge in [0.2, 0.25) is 10.0 Å². The van der Waals surface area contributed by atoms with E-state index in [2.05, 4.69) is 10.0 Å². The Labute approximate surface area is 178 Å². The lowest BCUT2D eigenvalue weighted by Gasteiger charge is -2.11. The summed E-state index contributed by atoms with van der Waals surface area (Å²) in [5, 5.41) is 20.6. The maximum absolute atomic E-state index is 12.5. The summed E-state index contributed by atoms with van der Waals surface area (Å²) < 4.78 is 27.3. The van der Waals surface area contributed by atoms with Crippen LogP contribution in [0.2, 0.25) is 0 Å². The van der Waals surface area contributed by atoms with Gasteiger partial charge in [-0.3, -0.25) is 14.4 Å². The first kappa shape index (κ1) is 23.7. The molecule has 0 aliphatic rings. The Morgan fingerprint density at radius 2 is 1.74 bits per heavy atom. The number of aliphatic carboxylic acids is 1. The van der Waals surface area contributed by atoms with E-state index in [4.69, 9.17) is 5.11 Å². The number of carboxylic acid groups (broad SMARTS) is 1. The molecule has 0 saturated carbocycles. The second-order valence-corrected chi connectivity index (χ2v) is 8.34. The molecule has 0 aliphatic carbocycles. The molecular formula is C20H20N2O8S. The van der Waals surface area contributed by atoms with E-state index < -0.39 is 40.1 Å². The van der Waals surface area contributed by atoms with Gasteiger partial charge in [0.25, 0.3) is 5.91 Å². The summed E-state index contributed by atoms with van der Waals surface area (Å²) in [5.41, 5.74) is 0.561. The van der Waals surface area contributed by atoms with Crippen LogP contribution in [0.5, 0.6) is 5.75 Å². The van der Waals surface area contributed by atoms with Crippen molar-refractivity contribution in [2.45, 2.75) is 30.8 Å². The van der Waals surface area contributed by atoms with Crippen molar-refractivity contribution in [1.82, 2.24) is 10.0 Å². The van der Waals surface area contributed by atoms with Gasteiger partial charge in [-0.25, -0.2) is 13.1 Å². The molecule has 31 heavy (non-hydrogen) atoms. The van der Waals surface area contributed by atoms with Gasteiger partial charge in [-0.15, -0.1) is 0 Å². The van der Waals surface area contributed by atoms with Crippen molar-refractivity contribution in [3.63, 3.8) is 0 Å². The Bertz CT molecular complexity index is 1110. The molecule has 1 atom stereocenters. The summed E-state index contributed by atoms with van der Waals surface area (Å²) >= 11 is 0. The summed E-state index contributed by atoms with van der Waals surface area (Å²) in [5.74, 6) is -2.68. The number of carbonyl (C=O) groups is 4. The first-order valence-corrected chi connectivity index (χ1v) is 10.4. The summed E-state index contributed by atoms with van der Waals surface area (Å²) in [6.45, 7) is 1.09. The third kappa shape index (κ3) is 6.46. The number of rotatable bonds is 10. The predicted molar refractivity (Wildman–Crippen MR) is 108 cm³/mol. The van der Waals surface area contributed by atoms with E-state index in [1.54, 1.807) is 0 Å². The van der Waals surface area contributed by atoms with E-state index >= 15 is 0 Å². The van der Waals surface area contributed by atoms with Crippen LogP contribution in [0.4, 0.5) is 0 Å². The molecule has 2 aromatic rings. The maximum atomic E-state index is 12.5. The standard InChI is InChI=1S/C20H20N2O8S/c1-12(24)17-9-16(6-7-18(17)25)31(29,30)21-10-13-2-4-14(5-3-13)20(28)22-15(11-23)8-19(26)27/h2-7,9,11,15,21,25H,8,10H2,1H3,(H,22,28)(H,26,27)/t15-/m0/s1. The number of Topliss-reactive ketones (excluding diaryl/α,β-unsaturated/α-hetero) is 1. The zero-order valence-electron chi connectivity index (χ0n) is 16.4. The minimum absolute atomic E-state index is 0.115. The highest BCUT2D eigenvalue weighted by molar-refractivity contribution is 7.89. The third-order valence-corrected chi connectivity index (χ3v) is 5.61. The Kier molecular flexibility index (Phi) is 7.61. The summed E-state index contributed by atoms with van der Waals surface area (Å²) in [7, 11) is -3.98. The molecule has 2 rings (SSSR count). The molecule has 0 bridgehead atoms. The quantitative estimate of drug-likeness (QED) is 0.306. The van der Waals surface area contributed by atoms with Gasteiger partial charge in [-0.2, -0.15) is 0 Å². The highest BCUT2D eigenvalue weighted by Crippen LogP contribution is 2.22. The molecule has 11 heteroatoms. The number of carbonyl (C=O) groups excluding carboxylic acids is 3.